The van der Waals surface area contributed by atoms with Crippen molar-refractivity contribution in [1.82, 2.24) is 14.9 Å². The number of β-amino-alcohol motifs (C(OH)–C–C–N with tert-alkyl or cyclic N) is 1. The highest BCUT2D eigenvalue weighted by Gasteiger charge is 2.52. The van der Waals surface area contributed by atoms with Crippen LogP contribution in [-0.2, 0) is 9.31 Å². The molecule has 0 radical (unpaired) electrons. The molecule has 0 amide bonds. The molecule has 2 saturated heterocycles. The number of hydrogen-bond donors (Lipinski definition) is 1. The van der Waals surface area contributed by atoms with E-state index in [2.05, 4.69) is 14.9 Å². The molecule has 25 heavy (non-hydrogen) atoms. The van der Waals surface area contributed by atoms with Crippen LogP contribution in [-0.4, -0.2) is 70.6 Å². The molecule has 2 fully saturated rings. The number of rotatable bonds is 5. The summed E-state index contributed by atoms with van der Waals surface area (Å²) in [5.74, 6) is 0. The molecule has 3 rings (SSSR count). The summed E-state index contributed by atoms with van der Waals surface area (Å²) in [7, 11) is -0.464. The van der Waals surface area contributed by atoms with Gasteiger partial charge in [-0.2, -0.15) is 0 Å². The number of nitrogens with zero attached hydrogens (tertiary/aromatic N) is 3. The molecule has 0 bridgehead atoms. The summed E-state index contributed by atoms with van der Waals surface area (Å²) in [6, 6.07) is 0.371. The SMILES string of the molecule is CC1(C)OB(c2cnc(O[C@H]3CCCN(CCO)C3)nc2)OC1(C)C. The van der Waals surface area contributed by atoms with Crippen LogP contribution in [0.2, 0.25) is 0 Å². The Bertz CT molecular complexity index is 564. The molecule has 0 saturated carbocycles. The molecule has 0 aliphatic carbocycles. The van der Waals surface area contributed by atoms with Gasteiger partial charge < -0.3 is 19.2 Å². The predicted octanol–water partition coefficient (Wildman–Crippen LogP) is 0.611. The van der Waals surface area contributed by atoms with Gasteiger partial charge in [0.05, 0.1) is 17.8 Å². The average molecular weight is 349 g/mol. The molecule has 0 unspecified atom stereocenters. The molecule has 0 spiro atoms. The Labute approximate surface area is 149 Å². The second-order valence-corrected chi connectivity index (χ2v) is 7.79. The fourth-order valence-corrected chi connectivity index (χ4v) is 3.09. The van der Waals surface area contributed by atoms with Crippen molar-refractivity contribution < 1.29 is 19.2 Å². The third kappa shape index (κ3) is 4.14. The van der Waals surface area contributed by atoms with E-state index in [1.807, 2.05) is 27.7 Å². The van der Waals surface area contributed by atoms with Crippen LogP contribution < -0.4 is 10.2 Å². The maximum Gasteiger partial charge on any atom is 0.498 e. The Hall–Kier alpha value is -1.22. The van der Waals surface area contributed by atoms with Crippen LogP contribution in [0.15, 0.2) is 12.4 Å². The molecule has 7 nitrogen and oxygen atoms in total. The first-order chi connectivity index (χ1) is 11.8. The molecular formula is C17H28BN3O4. The lowest BCUT2D eigenvalue weighted by Gasteiger charge is -2.32. The standard InChI is InChI=1S/C17H28BN3O4/c1-16(2)17(3,4)25-18(24-16)13-10-19-15(20-11-13)23-14-6-5-7-21(12-14)8-9-22/h10-11,14,22H,5-9,12H2,1-4H3/t14-/m0/s1. The molecule has 2 aliphatic rings. The van der Waals surface area contributed by atoms with E-state index in [4.69, 9.17) is 19.2 Å². The number of aliphatic hydroxyl groups excluding tert-OH is 1. The van der Waals surface area contributed by atoms with Gasteiger partial charge in [-0.15, -0.1) is 0 Å². The first-order valence-corrected chi connectivity index (χ1v) is 8.98. The smallest absolute Gasteiger partial charge is 0.459 e. The normalized spacial score (nSPS) is 26.0. The van der Waals surface area contributed by atoms with Crippen LogP contribution in [0.25, 0.3) is 0 Å². The van der Waals surface area contributed by atoms with Crippen LogP contribution in [0.5, 0.6) is 6.01 Å². The van der Waals surface area contributed by atoms with Crippen LogP contribution in [0.1, 0.15) is 40.5 Å². The summed E-state index contributed by atoms with van der Waals surface area (Å²) < 4.78 is 17.9. The summed E-state index contributed by atoms with van der Waals surface area (Å²) in [6.45, 7) is 10.7. The van der Waals surface area contributed by atoms with E-state index >= 15 is 0 Å². The van der Waals surface area contributed by atoms with Crippen molar-refractivity contribution in [3.05, 3.63) is 12.4 Å². The minimum Gasteiger partial charge on any atom is -0.459 e. The van der Waals surface area contributed by atoms with Crippen LogP contribution >= 0.6 is 0 Å². The van der Waals surface area contributed by atoms with Gasteiger partial charge in [-0.3, -0.25) is 4.90 Å². The maximum absolute atomic E-state index is 9.07. The molecule has 1 aromatic heterocycles. The van der Waals surface area contributed by atoms with Gasteiger partial charge in [0.2, 0.25) is 0 Å². The summed E-state index contributed by atoms with van der Waals surface area (Å²) in [5, 5.41) is 9.07. The van der Waals surface area contributed by atoms with Crippen molar-refractivity contribution in [1.29, 1.82) is 0 Å². The molecule has 1 N–H and O–H groups in total. The lowest BCUT2D eigenvalue weighted by Crippen LogP contribution is -2.42. The molecule has 8 heteroatoms. The Morgan fingerprint density at radius 3 is 2.48 bits per heavy atom. The zero-order valence-corrected chi connectivity index (χ0v) is 15.6. The van der Waals surface area contributed by atoms with Gasteiger partial charge in [-0.1, -0.05) is 0 Å². The molecule has 1 aromatic rings. The van der Waals surface area contributed by atoms with Crippen molar-refractivity contribution in [3.8, 4) is 6.01 Å². The van der Waals surface area contributed by atoms with E-state index < -0.39 is 7.12 Å². The highest BCUT2D eigenvalue weighted by Crippen LogP contribution is 2.36. The largest absolute Gasteiger partial charge is 0.498 e. The van der Waals surface area contributed by atoms with Crippen molar-refractivity contribution in [2.75, 3.05) is 26.2 Å². The van der Waals surface area contributed by atoms with Crippen molar-refractivity contribution in [3.63, 3.8) is 0 Å². The Kier molecular flexibility index (Phi) is 5.34. The predicted molar refractivity (Wildman–Crippen MR) is 94.9 cm³/mol. The summed E-state index contributed by atoms with van der Waals surface area (Å²) in [5.41, 5.74) is 0.0208. The summed E-state index contributed by atoms with van der Waals surface area (Å²) in [4.78, 5) is 10.8. The summed E-state index contributed by atoms with van der Waals surface area (Å²) in [6.07, 6.45) is 5.50. The van der Waals surface area contributed by atoms with Crippen molar-refractivity contribution >= 4 is 12.6 Å². The number of hydrogen-bond acceptors (Lipinski definition) is 7. The first kappa shape index (κ1) is 18.6. The maximum atomic E-state index is 9.07. The van der Waals surface area contributed by atoms with E-state index in [0.717, 1.165) is 31.4 Å². The van der Waals surface area contributed by atoms with Gasteiger partial charge in [0.1, 0.15) is 6.10 Å². The zero-order valence-electron chi connectivity index (χ0n) is 15.6. The minimum atomic E-state index is -0.464. The number of aliphatic hydroxyl groups is 1. The van der Waals surface area contributed by atoms with Crippen LogP contribution in [0.4, 0.5) is 0 Å². The monoisotopic (exact) mass is 349 g/mol. The number of aromatic nitrogens is 2. The van der Waals surface area contributed by atoms with E-state index in [1.165, 1.54) is 0 Å². The van der Waals surface area contributed by atoms with Gasteiger partial charge in [-0.25, -0.2) is 9.97 Å². The van der Waals surface area contributed by atoms with Crippen molar-refractivity contribution in [2.24, 2.45) is 0 Å². The van der Waals surface area contributed by atoms with Gasteiger partial charge in [0.25, 0.3) is 0 Å². The lowest BCUT2D eigenvalue weighted by molar-refractivity contribution is 0.00578. The van der Waals surface area contributed by atoms with E-state index in [-0.39, 0.29) is 23.9 Å². The Morgan fingerprint density at radius 2 is 1.88 bits per heavy atom. The van der Waals surface area contributed by atoms with Crippen LogP contribution in [0, 0.1) is 0 Å². The minimum absolute atomic E-state index is 0.0583. The fourth-order valence-electron chi connectivity index (χ4n) is 3.09. The van der Waals surface area contributed by atoms with E-state index in [0.29, 0.717) is 12.6 Å². The highest BCUT2D eigenvalue weighted by atomic mass is 16.7. The molecule has 0 aromatic carbocycles. The summed E-state index contributed by atoms with van der Waals surface area (Å²) >= 11 is 0. The molecule has 3 heterocycles. The average Bonchev–Trinajstić information content (AvgIpc) is 2.77. The fraction of sp³-hybridized carbons (Fsp3) is 0.765. The topological polar surface area (TPSA) is 76.9 Å². The van der Waals surface area contributed by atoms with Gasteiger partial charge in [-0.05, 0) is 47.1 Å². The van der Waals surface area contributed by atoms with Crippen molar-refractivity contribution in [2.45, 2.75) is 57.8 Å². The quantitative estimate of drug-likeness (QED) is 0.781. The van der Waals surface area contributed by atoms with Gasteiger partial charge in [0, 0.05) is 30.9 Å². The molecular weight excluding hydrogens is 321 g/mol. The number of ether oxygens (including phenoxy) is 1. The van der Waals surface area contributed by atoms with E-state index in [1.54, 1.807) is 12.4 Å². The number of piperidine rings is 1. The van der Waals surface area contributed by atoms with E-state index in [9.17, 15) is 0 Å². The van der Waals surface area contributed by atoms with Gasteiger partial charge >= 0.3 is 13.1 Å². The third-order valence-electron chi connectivity index (χ3n) is 5.32. The highest BCUT2D eigenvalue weighted by molar-refractivity contribution is 6.61. The molecule has 138 valence electrons. The molecule has 2 aliphatic heterocycles. The zero-order chi connectivity index (χ0) is 18.1. The lowest BCUT2D eigenvalue weighted by atomic mass is 9.81. The Morgan fingerprint density at radius 1 is 1.24 bits per heavy atom. The second-order valence-electron chi connectivity index (χ2n) is 7.79. The second kappa shape index (κ2) is 7.19. The third-order valence-corrected chi connectivity index (χ3v) is 5.32. The van der Waals surface area contributed by atoms with Crippen LogP contribution in [0.3, 0.4) is 0 Å². The Balaban J connectivity index is 1.60. The molecule has 1 atom stereocenters. The number of likely N-dealkylation sites (tertiary alicyclic amines) is 1. The first-order valence-electron chi connectivity index (χ1n) is 8.98. The van der Waals surface area contributed by atoms with Gasteiger partial charge in [0.15, 0.2) is 0 Å².